The van der Waals surface area contributed by atoms with Crippen LogP contribution in [-0.4, -0.2) is 36.0 Å². The molecule has 1 aromatic rings. The number of nitrogens with zero attached hydrogens (tertiary/aromatic N) is 2. The number of sulfonamides is 1. The van der Waals surface area contributed by atoms with Gasteiger partial charge in [-0.15, -0.1) is 6.58 Å². The zero-order valence-corrected chi connectivity index (χ0v) is 11.6. The maximum atomic E-state index is 12.4. The minimum Gasteiger partial charge on any atom is -0.326 e. The molecular formula is C11H20N4O2S. The summed E-state index contributed by atoms with van der Waals surface area (Å²) in [4.78, 5) is 0. The maximum absolute atomic E-state index is 12.4. The molecule has 1 heterocycles. The summed E-state index contributed by atoms with van der Waals surface area (Å²) >= 11 is 0. The van der Waals surface area contributed by atoms with Crippen molar-refractivity contribution in [3.63, 3.8) is 0 Å². The molecule has 0 aliphatic rings. The molecule has 0 saturated carbocycles. The number of hydrogen-bond donors (Lipinski definition) is 2. The molecule has 3 N–H and O–H groups in total. The molecule has 7 heteroatoms. The number of aryl methyl sites for hydroxylation is 1. The highest BCUT2D eigenvalue weighted by atomic mass is 32.2. The molecule has 102 valence electrons. The first-order valence-corrected chi connectivity index (χ1v) is 7.28. The summed E-state index contributed by atoms with van der Waals surface area (Å²) in [5.74, 6) is 0. The number of nitrogens with one attached hydrogen (secondary N) is 1. The smallest absolute Gasteiger partial charge is 0.262 e. The molecule has 1 rings (SSSR count). The van der Waals surface area contributed by atoms with Gasteiger partial charge in [0.25, 0.3) is 10.0 Å². The summed E-state index contributed by atoms with van der Waals surface area (Å²) in [6.07, 6.45) is 2.29. The normalized spacial score (nSPS) is 12.0. The van der Waals surface area contributed by atoms with Crippen LogP contribution in [0.25, 0.3) is 0 Å². The standard InChI is InChI=1S/C11H20N4O2S/c1-4-6-15(7-5-2)18(16,17)11-10(8-12)9(3)13-14-11/h4H,1,5-8,12H2,2-3H3,(H,13,14). The van der Waals surface area contributed by atoms with E-state index in [9.17, 15) is 8.42 Å². The predicted octanol–water partition coefficient (Wildman–Crippen LogP) is 0.764. The molecule has 6 nitrogen and oxygen atoms in total. The van der Waals surface area contributed by atoms with E-state index in [1.54, 1.807) is 13.0 Å². The second kappa shape index (κ2) is 6.12. The minimum absolute atomic E-state index is 0.0257. The van der Waals surface area contributed by atoms with E-state index in [2.05, 4.69) is 16.8 Å². The summed E-state index contributed by atoms with van der Waals surface area (Å²) in [7, 11) is -3.61. The van der Waals surface area contributed by atoms with Gasteiger partial charge < -0.3 is 5.73 Å². The largest absolute Gasteiger partial charge is 0.326 e. The van der Waals surface area contributed by atoms with E-state index < -0.39 is 10.0 Å². The van der Waals surface area contributed by atoms with Crippen molar-refractivity contribution in [1.82, 2.24) is 14.5 Å². The number of nitrogens with two attached hydrogens (primary N) is 1. The van der Waals surface area contributed by atoms with Crippen LogP contribution < -0.4 is 5.73 Å². The zero-order valence-electron chi connectivity index (χ0n) is 10.8. The molecule has 0 fully saturated rings. The molecule has 0 bridgehead atoms. The molecule has 0 saturated heterocycles. The summed E-state index contributed by atoms with van der Waals surface area (Å²) in [6.45, 7) is 8.10. The van der Waals surface area contributed by atoms with Crippen molar-refractivity contribution in [3.8, 4) is 0 Å². The Kier molecular flexibility index (Phi) is 5.06. The third kappa shape index (κ3) is 2.80. The van der Waals surface area contributed by atoms with Gasteiger partial charge in [-0.2, -0.15) is 9.40 Å². The predicted molar refractivity (Wildman–Crippen MR) is 70.5 cm³/mol. The average Bonchev–Trinajstić information content (AvgIpc) is 2.70. The highest BCUT2D eigenvalue weighted by Crippen LogP contribution is 2.20. The minimum atomic E-state index is -3.61. The Morgan fingerprint density at radius 2 is 2.22 bits per heavy atom. The molecule has 0 radical (unpaired) electrons. The average molecular weight is 272 g/mol. The first-order valence-electron chi connectivity index (χ1n) is 5.84. The second-order valence-corrected chi connectivity index (χ2v) is 5.84. The van der Waals surface area contributed by atoms with Crippen LogP contribution in [-0.2, 0) is 16.6 Å². The summed E-state index contributed by atoms with van der Waals surface area (Å²) in [5, 5.41) is 6.57. The Hall–Kier alpha value is -1.18. The molecular weight excluding hydrogens is 252 g/mol. The monoisotopic (exact) mass is 272 g/mol. The third-order valence-corrected chi connectivity index (χ3v) is 4.47. The van der Waals surface area contributed by atoms with Crippen molar-refractivity contribution >= 4 is 10.0 Å². The number of aromatic amines is 1. The van der Waals surface area contributed by atoms with E-state index in [4.69, 9.17) is 5.73 Å². The van der Waals surface area contributed by atoms with Crippen LogP contribution in [0.2, 0.25) is 0 Å². The van der Waals surface area contributed by atoms with Gasteiger partial charge in [0.15, 0.2) is 5.03 Å². The second-order valence-electron chi connectivity index (χ2n) is 3.99. The van der Waals surface area contributed by atoms with E-state index in [-0.39, 0.29) is 18.1 Å². The van der Waals surface area contributed by atoms with Crippen molar-refractivity contribution in [2.24, 2.45) is 5.73 Å². The molecule has 1 aromatic heterocycles. The van der Waals surface area contributed by atoms with Crippen LogP contribution in [0.5, 0.6) is 0 Å². The van der Waals surface area contributed by atoms with Gasteiger partial charge >= 0.3 is 0 Å². The topological polar surface area (TPSA) is 92.1 Å². The zero-order chi connectivity index (χ0) is 13.8. The van der Waals surface area contributed by atoms with Crippen LogP contribution in [0.15, 0.2) is 17.7 Å². The SMILES string of the molecule is C=CCN(CCC)S(=O)(=O)c1n[nH]c(C)c1CN. The van der Waals surface area contributed by atoms with Gasteiger partial charge in [0.2, 0.25) is 0 Å². The fourth-order valence-corrected chi connectivity index (χ4v) is 3.39. The lowest BCUT2D eigenvalue weighted by Gasteiger charge is -2.19. The number of rotatable bonds is 7. The first kappa shape index (κ1) is 14.9. The Morgan fingerprint density at radius 3 is 2.72 bits per heavy atom. The fourth-order valence-electron chi connectivity index (χ4n) is 1.71. The quantitative estimate of drug-likeness (QED) is 0.717. The van der Waals surface area contributed by atoms with Gasteiger partial charge in [-0.1, -0.05) is 13.0 Å². The molecule has 0 aliphatic carbocycles. The van der Waals surface area contributed by atoms with E-state index in [1.165, 1.54) is 4.31 Å². The number of aromatic nitrogens is 2. The first-order chi connectivity index (χ1) is 8.48. The van der Waals surface area contributed by atoms with Crippen molar-refractivity contribution in [1.29, 1.82) is 0 Å². The lowest BCUT2D eigenvalue weighted by atomic mass is 10.3. The van der Waals surface area contributed by atoms with E-state index in [1.807, 2.05) is 6.92 Å². The van der Waals surface area contributed by atoms with Crippen LogP contribution in [0.4, 0.5) is 0 Å². The molecule has 0 amide bonds. The Labute approximate surface area is 108 Å². The van der Waals surface area contributed by atoms with Crippen molar-refractivity contribution in [3.05, 3.63) is 23.9 Å². The Balaban J connectivity index is 3.21. The van der Waals surface area contributed by atoms with Crippen LogP contribution >= 0.6 is 0 Å². The number of hydrogen-bond acceptors (Lipinski definition) is 4. The third-order valence-electron chi connectivity index (χ3n) is 2.63. The number of H-pyrrole nitrogens is 1. The van der Waals surface area contributed by atoms with Crippen molar-refractivity contribution in [2.45, 2.75) is 31.8 Å². The van der Waals surface area contributed by atoms with Gasteiger partial charge in [0.1, 0.15) is 0 Å². The van der Waals surface area contributed by atoms with E-state index >= 15 is 0 Å². The highest BCUT2D eigenvalue weighted by molar-refractivity contribution is 7.89. The Morgan fingerprint density at radius 1 is 1.56 bits per heavy atom. The lowest BCUT2D eigenvalue weighted by Crippen LogP contribution is -2.33. The molecule has 0 unspecified atom stereocenters. The van der Waals surface area contributed by atoms with Crippen LogP contribution in [0.3, 0.4) is 0 Å². The van der Waals surface area contributed by atoms with Crippen LogP contribution in [0.1, 0.15) is 24.6 Å². The highest BCUT2D eigenvalue weighted by Gasteiger charge is 2.28. The van der Waals surface area contributed by atoms with Gasteiger partial charge in [0.05, 0.1) is 0 Å². The lowest BCUT2D eigenvalue weighted by molar-refractivity contribution is 0.438. The van der Waals surface area contributed by atoms with Gasteiger partial charge in [-0.05, 0) is 13.3 Å². The molecule has 0 spiro atoms. The molecule has 18 heavy (non-hydrogen) atoms. The summed E-state index contributed by atoms with van der Waals surface area (Å²) in [5.41, 5.74) is 6.81. The molecule has 0 aliphatic heterocycles. The summed E-state index contributed by atoms with van der Waals surface area (Å²) < 4.78 is 26.2. The molecule has 0 atom stereocenters. The van der Waals surface area contributed by atoms with Gasteiger partial charge in [0, 0.05) is 30.9 Å². The van der Waals surface area contributed by atoms with Crippen molar-refractivity contribution < 1.29 is 8.42 Å². The summed E-state index contributed by atoms with van der Waals surface area (Å²) in [6, 6.07) is 0. The van der Waals surface area contributed by atoms with Gasteiger partial charge in [-0.3, -0.25) is 5.10 Å². The van der Waals surface area contributed by atoms with E-state index in [0.29, 0.717) is 17.8 Å². The van der Waals surface area contributed by atoms with Crippen LogP contribution in [0, 0.1) is 6.92 Å². The maximum Gasteiger partial charge on any atom is 0.262 e. The fraction of sp³-hybridized carbons (Fsp3) is 0.545. The molecule has 0 aromatic carbocycles. The van der Waals surface area contributed by atoms with Crippen molar-refractivity contribution in [2.75, 3.05) is 13.1 Å². The van der Waals surface area contributed by atoms with E-state index in [0.717, 1.165) is 6.42 Å². The Bertz CT molecular complexity index is 507. The van der Waals surface area contributed by atoms with Gasteiger partial charge in [-0.25, -0.2) is 8.42 Å².